The number of carbonyl (C=O) groups excluding carboxylic acids is 1. The smallest absolute Gasteiger partial charge is 0.224 e. The lowest BCUT2D eigenvalue weighted by atomic mass is 9.98. The summed E-state index contributed by atoms with van der Waals surface area (Å²) in [5.41, 5.74) is 5.16. The second kappa shape index (κ2) is 3.98. The molecule has 2 N–H and O–H groups in total. The number of hydrogen-bond donors (Lipinski definition) is 1. The van der Waals surface area contributed by atoms with Gasteiger partial charge < -0.3 is 15.2 Å². The van der Waals surface area contributed by atoms with Crippen LogP contribution >= 0.6 is 0 Å². The molecule has 0 heterocycles. The molecule has 0 aliphatic heterocycles. The Hall–Kier alpha value is -1.45. The van der Waals surface area contributed by atoms with E-state index in [9.17, 15) is 4.79 Å². The summed E-state index contributed by atoms with van der Waals surface area (Å²) in [7, 11) is 3.11. The zero-order valence-electron chi connectivity index (χ0n) is 7.74. The van der Waals surface area contributed by atoms with Gasteiger partial charge in [-0.1, -0.05) is 6.08 Å². The average molecular weight is 183 g/mol. The van der Waals surface area contributed by atoms with Crippen molar-refractivity contribution < 1.29 is 14.3 Å². The Labute approximate surface area is 77.0 Å². The molecular weight excluding hydrogens is 170 g/mol. The summed E-state index contributed by atoms with van der Waals surface area (Å²) in [6, 6.07) is 0. The van der Waals surface area contributed by atoms with Gasteiger partial charge in [-0.15, -0.1) is 0 Å². The van der Waals surface area contributed by atoms with E-state index in [1.807, 2.05) is 0 Å². The number of methoxy groups -OCH3 is 2. The Morgan fingerprint density at radius 2 is 2.23 bits per heavy atom. The summed E-state index contributed by atoms with van der Waals surface area (Å²) in [6.07, 6.45) is 3.91. The van der Waals surface area contributed by atoms with Gasteiger partial charge in [0.1, 0.15) is 5.76 Å². The fourth-order valence-electron chi connectivity index (χ4n) is 1.23. The van der Waals surface area contributed by atoms with Crippen LogP contribution in [0.2, 0.25) is 0 Å². The third-order valence-electron chi connectivity index (χ3n) is 1.99. The van der Waals surface area contributed by atoms with Crippen molar-refractivity contribution in [1.29, 1.82) is 0 Å². The first-order valence-corrected chi connectivity index (χ1v) is 3.97. The normalized spacial score (nSPS) is 21.5. The summed E-state index contributed by atoms with van der Waals surface area (Å²) in [6.45, 7) is 0. The summed E-state index contributed by atoms with van der Waals surface area (Å²) >= 11 is 0. The molecule has 0 radical (unpaired) electrons. The maximum atomic E-state index is 10.9. The molecule has 0 saturated carbocycles. The van der Waals surface area contributed by atoms with Crippen molar-refractivity contribution in [2.75, 3.05) is 14.2 Å². The minimum atomic E-state index is -0.346. The highest BCUT2D eigenvalue weighted by molar-refractivity contribution is 5.79. The SMILES string of the molecule is COC1=C(OC)CC(C(N)=O)C=C1. The molecule has 0 saturated heterocycles. The molecule has 1 amide bonds. The second-order valence-corrected chi connectivity index (χ2v) is 2.77. The van der Waals surface area contributed by atoms with E-state index in [-0.39, 0.29) is 11.8 Å². The van der Waals surface area contributed by atoms with Crippen molar-refractivity contribution in [2.24, 2.45) is 11.7 Å². The molecule has 0 aromatic heterocycles. The molecule has 0 spiro atoms. The number of carbonyl (C=O) groups is 1. The van der Waals surface area contributed by atoms with Crippen LogP contribution in [-0.2, 0) is 14.3 Å². The maximum absolute atomic E-state index is 10.9. The molecule has 4 nitrogen and oxygen atoms in total. The first-order valence-electron chi connectivity index (χ1n) is 3.97. The minimum absolute atomic E-state index is 0.283. The van der Waals surface area contributed by atoms with Crippen LogP contribution in [0.5, 0.6) is 0 Å². The van der Waals surface area contributed by atoms with Gasteiger partial charge in [0.2, 0.25) is 5.91 Å². The zero-order chi connectivity index (χ0) is 9.84. The average Bonchev–Trinajstić information content (AvgIpc) is 2.16. The van der Waals surface area contributed by atoms with E-state index in [0.717, 1.165) is 0 Å². The number of ether oxygens (including phenoxy) is 2. The van der Waals surface area contributed by atoms with Crippen LogP contribution in [0.1, 0.15) is 6.42 Å². The molecule has 0 aromatic carbocycles. The topological polar surface area (TPSA) is 61.6 Å². The largest absolute Gasteiger partial charge is 0.497 e. The standard InChI is InChI=1S/C9H13NO3/c1-12-7-4-3-6(9(10)11)5-8(7)13-2/h3-4,6H,5H2,1-2H3,(H2,10,11). The lowest BCUT2D eigenvalue weighted by Gasteiger charge is -2.18. The van der Waals surface area contributed by atoms with E-state index in [1.54, 1.807) is 26.4 Å². The van der Waals surface area contributed by atoms with E-state index in [2.05, 4.69) is 0 Å². The van der Waals surface area contributed by atoms with E-state index in [4.69, 9.17) is 15.2 Å². The minimum Gasteiger partial charge on any atom is -0.497 e. The molecule has 1 unspecified atom stereocenters. The summed E-state index contributed by atoms with van der Waals surface area (Å²) in [5.74, 6) is 0.684. The third kappa shape index (κ3) is 2.02. The highest BCUT2D eigenvalue weighted by Gasteiger charge is 2.21. The number of allylic oxidation sites excluding steroid dienone is 2. The molecule has 1 aliphatic rings. The fourth-order valence-corrected chi connectivity index (χ4v) is 1.23. The van der Waals surface area contributed by atoms with Gasteiger partial charge in [-0.25, -0.2) is 0 Å². The maximum Gasteiger partial charge on any atom is 0.224 e. The van der Waals surface area contributed by atoms with Gasteiger partial charge in [-0.2, -0.15) is 0 Å². The van der Waals surface area contributed by atoms with E-state index >= 15 is 0 Å². The van der Waals surface area contributed by atoms with Crippen molar-refractivity contribution in [3.63, 3.8) is 0 Å². The molecule has 1 aliphatic carbocycles. The number of hydrogen-bond acceptors (Lipinski definition) is 3. The van der Waals surface area contributed by atoms with Gasteiger partial charge in [-0.3, -0.25) is 4.79 Å². The van der Waals surface area contributed by atoms with Crippen LogP contribution in [0.25, 0.3) is 0 Å². The predicted octanol–water partition coefficient (Wildman–Crippen LogP) is 0.552. The van der Waals surface area contributed by atoms with Crippen LogP contribution in [0.15, 0.2) is 23.7 Å². The molecule has 4 heteroatoms. The highest BCUT2D eigenvalue weighted by atomic mass is 16.5. The van der Waals surface area contributed by atoms with Gasteiger partial charge in [-0.05, 0) is 6.08 Å². The van der Waals surface area contributed by atoms with Crippen molar-refractivity contribution in [3.05, 3.63) is 23.7 Å². The molecule has 1 rings (SSSR count). The lowest BCUT2D eigenvalue weighted by Crippen LogP contribution is -2.24. The zero-order valence-corrected chi connectivity index (χ0v) is 7.74. The molecule has 0 aromatic rings. The molecule has 0 bridgehead atoms. The molecule has 72 valence electrons. The van der Waals surface area contributed by atoms with E-state index < -0.39 is 0 Å². The Balaban J connectivity index is 2.80. The number of nitrogens with two attached hydrogens (primary N) is 1. The molecule has 1 atom stereocenters. The first-order chi connectivity index (χ1) is 6.19. The molecule has 0 fully saturated rings. The summed E-state index contributed by atoms with van der Waals surface area (Å²) in [4.78, 5) is 10.9. The third-order valence-corrected chi connectivity index (χ3v) is 1.99. The van der Waals surface area contributed by atoms with Crippen molar-refractivity contribution in [3.8, 4) is 0 Å². The van der Waals surface area contributed by atoms with Gasteiger partial charge in [0.15, 0.2) is 5.76 Å². The van der Waals surface area contributed by atoms with Crippen LogP contribution in [0, 0.1) is 5.92 Å². The van der Waals surface area contributed by atoms with E-state index in [1.165, 1.54) is 0 Å². The second-order valence-electron chi connectivity index (χ2n) is 2.77. The fraction of sp³-hybridized carbons (Fsp3) is 0.444. The quantitative estimate of drug-likeness (QED) is 0.695. The Kier molecular flexibility index (Phi) is 2.95. The van der Waals surface area contributed by atoms with Crippen molar-refractivity contribution in [2.45, 2.75) is 6.42 Å². The van der Waals surface area contributed by atoms with Crippen LogP contribution in [0.4, 0.5) is 0 Å². The first kappa shape index (κ1) is 9.64. The number of amides is 1. The van der Waals surface area contributed by atoms with Gasteiger partial charge in [0, 0.05) is 6.42 Å². The number of primary amides is 1. The summed E-state index contributed by atoms with van der Waals surface area (Å²) < 4.78 is 10.1. The van der Waals surface area contributed by atoms with Crippen molar-refractivity contribution in [1.82, 2.24) is 0 Å². The lowest BCUT2D eigenvalue weighted by molar-refractivity contribution is -0.120. The predicted molar refractivity (Wildman–Crippen MR) is 47.5 cm³/mol. The Morgan fingerprint density at radius 1 is 1.54 bits per heavy atom. The van der Waals surface area contributed by atoms with Crippen molar-refractivity contribution >= 4 is 5.91 Å². The van der Waals surface area contributed by atoms with Crippen LogP contribution in [-0.4, -0.2) is 20.1 Å². The Bertz CT molecular complexity index is 268. The monoisotopic (exact) mass is 183 g/mol. The van der Waals surface area contributed by atoms with Crippen LogP contribution < -0.4 is 5.73 Å². The van der Waals surface area contributed by atoms with E-state index in [0.29, 0.717) is 17.9 Å². The number of rotatable bonds is 3. The summed E-state index contributed by atoms with van der Waals surface area (Å²) in [5, 5.41) is 0. The molecular formula is C9H13NO3. The van der Waals surface area contributed by atoms with Crippen LogP contribution in [0.3, 0.4) is 0 Å². The Morgan fingerprint density at radius 3 is 2.69 bits per heavy atom. The van der Waals surface area contributed by atoms with Gasteiger partial charge in [0.25, 0.3) is 0 Å². The van der Waals surface area contributed by atoms with Gasteiger partial charge in [0.05, 0.1) is 20.1 Å². The molecule has 13 heavy (non-hydrogen) atoms. The highest BCUT2D eigenvalue weighted by Crippen LogP contribution is 2.24. The van der Waals surface area contributed by atoms with Gasteiger partial charge >= 0.3 is 0 Å².